The fourth-order valence-corrected chi connectivity index (χ4v) is 0.768. The molecule has 0 aromatic heterocycles. The van der Waals surface area contributed by atoms with Crippen molar-refractivity contribution in [3.8, 4) is 0 Å². The van der Waals surface area contributed by atoms with Crippen LogP contribution in [-0.4, -0.2) is 5.91 Å². The lowest BCUT2D eigenvalue weighted by atomic mass is 10.2. The van der Waals surface area contributed by atoms with Gasteiger partial charge in [-0.1, -0.05) is 0 Å². The number of rotatable bonds is 1. The largest absolute Gasteiger partial charge is 0.290 e. The minimum absolute atomic E-state index is 0. The number of carbonyl (C=O) groups is 1. The Hall–Kier alpha value is -1.20. The lowest BCUT2D eigenvalue weighted by molar-refractivity contribution is 0.0952. The first kappa shape index (κ1) is 11.8. The Morgan fingerprint density at radius 3 is 2.08 bits per heavy atom. The summed E-state index contributed by atoms with van der Waals surface area (Å²) in [4.78, 5) is 10.7. The first-order valence-corrected chi connectivity index (χ1v) is 3.10. The Morgan fingerprint density at radius 1 is 1.23 bits per heavy atom. The topological polar surface area (TPSA) is 55.1 Å². The van der Waals surface area contributed by atoms with Gasteiger partial charge in [0.25, 0.3) is 5.91 Å². The third-order valence-electron chi connectivity index (χ3n) is 1.26. The molecule has 0 atom stereocenters. The first-order chi connectivity index (χ1) is 5.63. The summed E-state index contributed by atoms with van der Waals surface area (Å²) in [5.74, 6) is 2.41. The Labute approximate surface area is 79.3 Å². The smallest absolute Gasteiger partial charge is 0.265 e. The molecule has 6 heteroatoms. The van der Waals surface area contributed by atoms with E-state index in [0.717, 1.165) is 12.1 Å². The highest BCUT2D eigenvalue weighted by molar-refractivity contribution is 5.93. The maximum Gasteiger partial charge on any atom is 0.265 e. The van der Waals surface area contributed by atoms with Crippen LogP contribution in [0.2, 0.25) is 0 Å². The molecule has 0 aliphatic rings. The summed E-state index contributed by atoms with van der Waals surface area (Å²) < 4.78 is 24.9. The summed E-state index contributed by atoms with van der Waals surface area (Å²) in [6.45, 7) is 0. The molecule has 3 N–H and O–H groups in total. The maximum atomic E-state index is 12.5. The van der Waals surface area contributed by atoms with E-state index in [1.165, 1.54) is 0 Å². The highest BCUT2D eigenvalue weighted by Crippen LogP contribution is 2.07. The molecule has 0 bridgehead atoms. The molecule has 0 radical (unpaired) electrons. The first-order valence-electron chi connectivity index (χ1n) is 3.10. The highest BCUT2D eigenvalue weighted by Gasteiger charge is 2.06. The van der Waals surface area contributed by atoms with E-state index in [-0.39, 0.29) is 18.0 Å². The SMILES string of the molecule is Cl.NNC(=O)c1cc(F)cc(F)c1. The maximum absolute atomic E-state index is 12.5. The van der Waals surface area contributed by atoms with Gasteiger partial charge in [0, 0.05) is 11.6 Å². The van der Waals surface area contributed by atoms with E-state index in [0.29, 0.717) is 6.07 Å². The quantitative estimate of drug-likeness (QED) is 0.411. The zero-order chi connectivity index (χ0) is 9.14. The van der Waals surface area contributed by atoms with Crippen molar-refractivity contribution in [2.24, 2.45) is 5.84 Å². The van der Waals surface area contributed by atoms with Gasteiger partial charge in [0.15, 0.2) is 0 Å². The number of hydrazine groups is 1. The molecule has 13 heavy (non-hydrogen) atoms. The van der Waals surface area contributed by atoms with E-state index >= 15 is 0 Å². The summed E-state index contributed by atoms with van der Waals surface area (Å²) >= 11 is 0. The molecule has 0 heterocycles. The molecule has 1 aromatic rings. The van der Waals surface area contributed by atoms with Crippen LogP contribution in [0.4, 0.5) is 8.78 Å². The second-order valence-corrected chi connectivity index (χ2v) is 2.13. The third kappa shape index (κ3) is 2.96. The van der Waals surface area contributed by atoms with Crippen molar-refractivity contribution in [1.29, 1.82) is 0 Å². The molecule has 0 saturated carbocycles. The predicted octanol–water partition coefficient (Wildman–Crippen LogP) is 0.990. The van der Waals surface area contributed by atoms with Gasteiger partial charge < -0.3 is 0 Å². The molecule has 1 rings (SSSR count). The molecule has 0 saturated heterocycles. The molecular weight excluding hydrogens is 202 g/mol. The summed E-state index contributed by atoms with van der Waals surface area (Å²) in [6, 6.07) is 2.46. The molecule has 72 valence electrons. The molecule has 0 aliphatic heterocycles. The number of nitrogens with one attached hydrogen (secondary N) is 1. The monoisotopic (exact) mass is 208 g/mol. The van der Waals surface area contributed by atoms with E-state index in [4.69, 9.17) is 5.84 Å². The van der Waals surface area contributed by atoms with Crippen LogP contribution in [0.5, 0.6) is 0 Å². The average Bonchev–Trinajstić information content (AvgIpc) is 2.01. The van der Waals surface area contributed by atoms with Crippen molar-refractivity contribution in [1.82, 2.24) is 5.43 Å². The van der Waals surface area contributed by atoms with Gasteiger partial charge in [0.2, 0.25) is 0 Å². The van der Waals surface area contributed by atoms with E-state index < -0.39 is 17.5 Å². The van der Waals surface area contributed by atoms with Crippen molar-refractivity contribution < 1.29 is 13.6 Å². The van der Waals surface area contributed by atoms with Gasteiger partial charge in [-0.3, -0.25) is 10.2 Å². The summed E-state index contributed by atoms with van der Waals surface area (Å²) in [6.07, 6.45) is 0. The van der Waals surface area contributed by atoms with Crippen LogP contribution in [0.1, 0.15) is 10.4 Å². The molecule has 0 unspecified atom stereocenters. The van der Waals surface area contributed by atoms with E-state index in [9.17, 15) is 13.6 Å². The number of carbonyl (C=O) groups excluding carboxylic acids is 1. The van der Waals surface area contributed by atoms with Gasteiger partial charge in [-0.2, -0.15) is 0 Å². The molecule has 0 fully saturated rings. The zero-order valence-corrected chi connectivity index (χ0v) is 7.20. The summed E-state index contributed by atoms with van der Waals surface area (Å²) in [5, 5.41) is 0. The zero-order valence-electron chi connectivity index (χ0n) is 6.38. The second kappa shape index (κ2) is 4.74. The second-order valence-electron chi connectivity index (χ2n) is 2.13. The molecule has 1 amide bonds. The summed E-state index contributed by atoms with van der Waals surface area (Å²) in [7, 11) is 0. The van der Waals surface area contributed by atoms with Crippen LogP contribution in [-0.2, 0) is 0 Å². The predicted molar refractivity (Wildman–Crippen MR) is 45.3 cm³/mol. The van der Waals surface area contributed by atoms with E-state index in [1.807, 2.05) is 0 Å². The van der Waals surface area contributed by atoms with Crippen LogP contribution >= 0.6 is 12.4 Å². The average molecular weight is 209 g/mol. The molecular formula is C7H7ClF2N2O. The van der Waals surface area contributed by atoms with Crippen LogP contribution in [0.25, 0.3) is 0 Å². The van der Waals surface area contributed by atoms with Crippen molar-refractivity contribution in [3.05, 3.63) is 35.4 Å². The number of hydrogen-bond acceptors (Lipinski definition) is 2. The van der Waals surface area contributed by atoms with Gasteiger partial charge in [-0.15, -0.1) is 12.4 Å². The van der Waals surface area contributed by atoms with Gasteiger partial charge in [0.1, 0.15) is 11.6 Å². The van der Waals surface area contributed by atoms with Crippen LogP contribution in [0.15, 0.2) is 18.2 Å². The Morgan fingerprint density at radius 2 is 1.69 bits per heavy atom. The number of benzene rings is 1. The van der Waals surface area contributed by atoms with E-state index in [2.05, 4.69) is 0 Å². The highest BCUT2D eigenvalue weighted by atomic mass is 35.5. The molecule has 3 nitrogen and oxygen atoms in total. The Bertz CT molecular complexity index is 299. The summed E-state index contributed by atoms with van der Waals surface area (Å²) in [5.41, 5.74) is 1.62. The van der Waals surface area contributed by atoms with Gasteiger partial charge in [-0.25, -0.2) is 14.6 Å². The Kier molecular flexibility index (Phi) is 4.30. The number of hydrogen-bond donors (Lipinski definition) is 2. The normalized spacial score (nSPS) is 8.85. The molecule has 0 spiro atoms. The van der Waals surface area contributed by atoms with Crippen LogP contribution < -0.4 is 11.3 Å². The van der Waals surface area contributed by atoms with Crippen molar-refractivity contribution >= 4 is 18.3 Å². The minimum atomic E-state index is -0.811. The van der Waals surface area contributed by atoms with Crippen molar-refractivity contribution in [2.45, 2.75) is 0 Å². The third-order valence-corrected chi connectivity index (χ3v) is 1.26. The minimum Gasteiger partial charge on any atom is -0.290 e. The van der Waals surface area contributed by atoms with Crippen molar-refractivity contribution in [3.63, 3.8) is 0 Å². The number of nitrogen functional groups attached to an aromatic ring is 1. The number of amides is 1. The fourth-order valence-electron chi connectivity index (χ4n) is 0.768. The van der Waals surface area contributed by atoms with Crippen LogP contribution in [0.3, 0.4) is 0 Å². The van der Waals surface area contributed by atoms with E-state index in [1.54, 1.807) is 5.43 Å². The lowest BCUT2D eigenvalue weighted by Gasteiger charge is -1.98. The van der Waals surface area contributed by atoms with Gasteiger partial charge in [-0.05, 0) is 12.1 Å². The van der Waals surface area contributed by atoms with Crippen LogP contribution in [0, 0.1) is 11.6 Å². The number of nitrogens with two attached hydrogens (primary N) is 1. The lowest BCUT2D eigenvalue weighted by Crippen LogP contribution is -2.30. The molecule has 0 aliphatic carbocycles. The Balaban J connectivity index is 0.00000144. The fraction of sp³-hybridized carbons (Fsp3) is 0. The van der Waals surface area contributed by atoms with Gasteiger partial charge >= 0.3 is 0 Å². The number of halogens is 3. The van der Waals surface area contributed by atoms with Gasteiger partial charge in [0.05, 0.1) is 0 Å². The van der Waals surface area contributed by atoms with Crippen molar-refractivity contribution in [2.75, 3.05) is 0 Å². The standard InChI is InChI=1S/C7H6F2N2O.ClH/c8-5-1-4(7(12)11-10)2-6(9)3-5;/h1-3H,10H2,(H,11,12);1H. The molecule has 1 aromatic carbocycles.